The topological polar surface area (TPSA) is 50.7 Å². The number of nitrogens with one attached hydrogen (secondary N) is 1. The maximum atomic E-state index is 12.0. The number of rotatable bonds is 8. The van der Waals surface area contributed by atoms with E-state index in [4.69, 9.17) is 4.74 Å². The lowest BCUT2D eigenvalue weighted by atomic mass is 10.0. The zero-order chi connectivity index (χ0) is 18.1. The van der Waals surface area contributed by atoms with Gasteiger partial charge >= 0.3 is 0 Å². The first-order chi connectivity index (χ1) is 12.1. The number of hydrogen-bond acceptors (Lipinski definition) is 3. The number of hydrogen-bond donors (Lipinski definition) is 1. The minimum absolute atomic E-state index is 0.0568. The van der Waals surface area contributed by atoms with Gasteiger partial charge in [-0.15, -0.1) is 0 Å². The van der Waals surface area contributed by atoms with Gasteiger partial charge in [0.15, 0.2) is 6.61 Å². The van der Waals surface area contributed by atoms with Crippen molar-refractivity contribution in [3.63, 3.8) is 0 Å². The molecule has 4 heteroatoms. The van der Waals surface area contributed by atoms with Crippen molar-refractivity contribution in [2.24, 2.45) is 5.10 Å². The molecule has 1 N–H and O–H groups in total. The highest BCUT2D eigenvalue weighted by molar-refractivity contribution is 6.01. The molecule has 0 saturated heterocycles. The standard InChI is InChI=1S/C21H26N2O2/c1-4-8-20(18-9-6-5-7-10-18)22-23-21(24)15-25-19-13-11-17(12-14-19)16(2)3/h5-7,9-14,16H,4,8,15H2,1-3H3,(H,23,24)/b22-20+. The van der Waals surface area contributed by atoms with Gasteiger partial charge < -0.3 is 4.74 Å². The number of carbonyl (C=O) groups excluding carboxylic acids is 1. The molecule has 0 aliphatic carbocycles. The number of carbonyl (C=O) groups is 1. The third-order valence-electron chi connectivity index (χ3n) is 3.83. The van der Waals surface area contributed by atoms with Crippen LogP contribution >= 0.6 is 0 Å². The van der Waals surface area contributed by atoms with E-state index < -0.39 is 0 Å². The fourth-order valence-electron chi connectivity index (χ4n) is 2.39. The van der Waals surface area contributed by atoms with Gasteiger partial charge in [-0.1, -0.05) is 69.7 Å². The Hall–Kier alpha value is -2.62. The highest BCUT2D eigenvalue weighted by atomic mass is 16.5. The van der Waals surface area contributed by atoms with Crippen LogP contribution in [0.2, 0.25) is 0 Å². The summed E-state index contributed by atoms with van der Waals surface area (Å²) in [6, 6.07) is 17.7. The van der Waals surface area contributed by atoms with Crippen molar-refractivity contribution in [1.82, 2.24) is 5.43 Å². The first-order valence-electron chi connectivity index (χ1n) is 8.73. The highest BCUT2D eigenvalue weighted by Gasteiger charge is 2.06. The second-order valence-electron chi connectivity index (χ2n) is 6.22. The molecule has 0 bridgehead atoms. The summed E-state index contributed by atoms with van der Waals surface area (Å²) in [5.74, 6) is 0.888. The van der Waals surface area contributed by atoms with Gasteiger partial charge in [0.25, 0.3) is 5.91 Å². The van der Waals surface area contributed by atoms with Gasteiger partial charge in [-0.25, -0.2) is 5.43 Å². The molecule has 0 heterocycles. The summed E-state index contributed by atoms with van der Waals surface area (Å²) >= 11 is 0. The predicted octanol–water partition coefficient (Wildman–Crippen LogP) is 4.51. The summed E-state index contributed by atoms with van der Waals surface area (Å²) in [5, 5.41) is 4.27. The van der Waals surface area contributed by atoms with Crippen molar-refractivity contribution >= 4 is 11.6 Å². The van der Waals surface area contributed by atoms with E-state index in [1.807, 2.05) is 54.6 Å². The molecule has 0 aliphatic rings. The number of nitrogens with zero attached hydrogens (tertiary/aromatic N) is 1. The number of amides is 1. The van der Waals surface area contributed by atoms with Crippen molar-refractivity contribution in [2.75, 3.05) is 6.61 Å². The van der Waals surface area contributed by atoms with Gasteiger partial charge in [0.05, 0.1) is 5.71 Å². The van der Waals surface area contributed by atoms with E-state index in [1.165, 1.54) is 5.56 Å². The zero-order valence-electron chi connectivity index (χ0n) is 15.2. The number of ether oxygens (including phenoxy) is 1. The van der Waals surface area contributed by atoms with Gasteiger partial charge in [-0.2, -0.15) is 5.10 Å². The van der Waals surface area contributed by atoms with E-state index >= 15 is 0 Å². The first-order valence-corrected chi connectivity index (χ1v) is 8.73. The van der Waals surface area contributed by atoms with Crippen molar-refractivity contribution in [1.29, 1.82) is 0 Å². The lowest BCUT2D eigenvalue weighted by Crippen LogP contribution is -2.26. The molecule has 2 aromatic rings. The molecule has 1 amide bonds. The molecule has 0 atom stereocenters. The molecular weight excluding hydrogens is 312 g/mol. The van der Waals surface area contributed by atoms with Crippen LogP contribution in [0.3, 0.4) is 0 Å². The Kier molecular flexibility index (Phi) is 7.20. The third-order valence-corrected chi connectivity index (χ3v) is 3.83. The average molecular weight is 338 g/mol. The molecule has 2 rings (SSSR count). The maximum absolute atomic E-state index is 12.0. The SMILES string of the molecule is CCC/C(=N\NC(=O)COc1ccc(C(C)C)cc1)c1ccccc1. The Balaban J connectivity index is 1.90. The molecular formula is C21H26N2O2. The van der Waals surface area contributed by atoms with Crippen molar-refractivity contribution < 1.29 is 9.53 Å². The average Bonchev–Trinajstić information content (AvgIpc) is 2.64. The summed E-state index contributed by atoms with van der Waals surface area (Å²) in [5.41, 5.74) is 5.73. The quantitative estimate of drug-likeness (QED) is 0.569. The van der Waals surface area contributed by atoms with E-state index in [-0.39, 0.29) is 12.5 Å². The molecule has 2 aromatic carbocycles. The molecule has 132 valence electrons. The molecule has 0 saturated carbocycles. The van der Waals surface area contributed by atoms with Crippen molar-refractivity contribution in [3.05, 3.63) is 65.7 Å². The van der Waals surface area contributed by atoms with E-state index in [1.54, 1.807) is 0 Å². The van der Waals surface area contributed by atoms with E-state index in [9.17, 15) is 4.79 Å². The second kappa shape index (κ2) is 9.62. The Morgan fingerprint density at radius 1 is 1.08 bits per heavy atom. The van der Waals surface area contributed by atoms with E-state index in [0.29, 0.717) is 11.7 Å². The molecule has 0 spiro atoms. The summed E-state index contributed by atoms with van der Waals surface area (Å²) in [6.07, 6.45) is 1.77. The fourth-order valence-corrected chi connectivity index (χ4v) is 2.39. The van der Waals surface area contributed by atoms with Crippen LogP contribution in [0.4, 0.5) is 0 Å². The minimum Gasteiger partial charge on any atom is -0.484 e. The van der Waals surface area contributed by atoms with Gasteiger partial charge in [-0.3, -0.25) is 4.79 Å². The number of benzene rings is 2. The largest absolute Gasteiger partial charge is 0.484 e. The maximum Gasteiger partial charge on any atom is 0.277 e. The monoisotopic (exact) mass is 338 g/mol. The van der Waals surface area contributed by atoms with Crippen molar-refractivity contribution in [3.8, 4) is 5.75 Å². The summed E-state index contributed by atoms with van der Waals surface area (Å²) in [7, 11) is 0. The lowest BCUT2D eigenvalue weighted by molar-refractivity contribution is -0.123. The number of hydrazone groups is 1. The van der Waals surface area contributed by atoms with E-state index in [2.05, 4.69) is 31.3 Å². The van der Waals surface area contributed by atoms with Crippen LogP contribution in [0, 0.1) is 0 Å². The molecule has 0 aliphatic heterocycles. The normalized spacial score (nSPS) is 11.4. The van der Waals surface area contributed by atoms with Crippen LogP contribution < -0.4 is 10.2 Å². The molecule has 25 heavy (non-hydrogen) atoms. The van der Waals surface area contributed by atoms with Crippen LogP contribution in [-0.2, 0) is 4.79 Å². The predicted molar refractivity (Wildman–Crippen MR) is 102 cm³/mol. The smallest absolute Gasteiger partial charge is 0.277 e. The second-order valence-corrected chi connectivity index (χ2v) is 6.22. The summed E-state index contributed by atoms with van der Waals surface area (Å²) in [6.45, 7) is 6.31. The molecule has 4 nitrogen and oxygen atoms in total. The highest BCUT2D eigenvalue weighted by Crippen LogP contribution is 2.18. The lowest BCUT2D eigenvalue weighted by Gasteiger charge is -2.09. The van der Waals surface area contributed by atoms with Gasteiger partial charge in [0, 0.05) is 0 Å². The van der Waals surface area contributed by atoms with Crippen molar-refractivity contribution in [2.45, 2.75) is 39.5 Å². The molecule has 0 unspecified atom stereocenters. The summed E-state index contributed by atoms with van der Waals surface area (Å²) < 4.78 is 5.52. The Morgan fingerprint density at radius 3 is 2.36 bits per heavy atom. The fraction of sp³-hybridized carbons (Fsp3) is 0.333. The first kappa shape index (κ1) is 18.7. The molecule has 0 aromatic heterocycles. The van der Waals surface area contributed by atoms with Gasteiger partial charge in [0.1, 0.15) is 5.75 Å². The van der Waals surface area contributed by atoms with E-state index in [0.717, 1.165) is 24.1 Å². The van der Waals surface area contributed by atoms with Crippen LogP contribution in [0.1, 0.15) is 50.7 Å². The Bertz CT molecular complexity index is 692. The molecule has 0 radical (unpaired) electrons. The van der Waals surface area contributed by atoms with Crippen LogP contribution in [0.5, 0.6) is 5.75 Å². The van der Waals surface area contributed by atoms with Crippen LogP contribution in [0.15, 0.2) is 59.7 Å². The third kappa shape index (κ3) is 6.07. The van der Waals surface area contributed by atoms with Crippen LogP contribution in [-0.4, -0.2) is 18.2 Å². The minimum atomic E-state index is -0.266. The Morgan fingerprint density at radius 2 is 1.76 bits per heavy atom. The van der Waals surface area contributed by atoms with Gasteiger partial charge in [0.2, 0.25) is 0 Å². The molecule has 0 fully saturated rings. The Labute approximate surface area is 149 Å². The zero-order valence-corrected chi connectivity index (χ0v) is 15.2. The van der Waals surface area contributed by atoms with Crippen LogP contribution in [0.25, 0.3) is 0 Å². The summed E-state index contributed by atoms with van der Waals surface area (Å²) in [4.78, 5) is 12.0. The van der Waals surface area contributed by atoms with Gasteiger partial charge in [-0.05, 0) is 35.6 Å².